The molecule has 0 aliphatic carbocycles. The molecular formula is C22H19N5O5S2. The highest BCUT2D eigenvalue weighted by Crippen LogP contribution is 2.26. The molecule has 2 N–H and O–H groups in total. The highest BCUT2D eigenvalue weighted by atomic mass is 32.2. The van der Waals surface area contributed by atoms with Crippen LogP contribution >= 0.6 is 11.3 Å². The smallest absolute Gasteiger partial charge is 0.260 e. The maximum absolute atomic E-state index is 12.3. The lowest BCUT2D eigenvalue weighted by Gasteiger charge is -2.06. The fourth-order valence-electron chi connectivity index (χ4n) is 3.13. The van der Waals surface area contributed by atoms with E-state index in [1.807, 2.05) is 0 Å². The minimum Gasteiger partial charge on any atom is -0.343 e. The lowest BCUT2D eigenvalue weighted by atomic mass is 10.1. The second kappa shape index (κ2) is 9.15. The molecule has 4 aromatic rings. The Kier molecular flexibility index (Phi) is 6.26. The molecule has 34 heavy (non-hydrogen) atoms. The summed E-state index contributed by atoms with van der Waals surface area (Å²) in [5.41, 5.74) is 1.81. The van der Waals surface area contributed by atoms with Gasteiger partial charge in [0.2, 0.25) is 5.91 Å². The molecular weight excluding hydrogens is 478 g/mol. The third-order valence-corrected chi connectivity index (χ3v) is 6.77. The SMILES string of the molecule is Cn1cnc2ccc(-c3csc(NC(=O)CNC(=O)c4cccc(S(C)(=O)=O)c4)n3)cc2c1=O. The number of hydrogen-bond acceptors (Lipinski definition) is 8. The Morgan fingerprint density at radius 3 is 2.71 bits per heavy atom. The summed E-state index contributed by atoms with van der Waals surface area (Å²) in [6, 6.07) is 10.8. The average Bonchev–Trinajstić information content (AvgIpc) is 3.27. The third-order valence-electron chi connectivity index (χ3n) is 4.90. The molecule has 0 saturated carbocycles. The number of amides is 2. The normalized spacial score (nSPS) is 11.4. The van der Waals surface area contributed by atoms with Crippen molar-refractivity contribution in [3.05, 3.63) is 70.1 Å². The number of hydrogen-bond donors (Lipinski definition) is 2. The summed E-state index contributed by atoms with van der Waals surface area (Å²) in [7, 11) is -1.83. The van der Waals surface area contributed by atoms with Crippen molar-refractivity contribution in [2.75, 3.05) is 18.1 Å². The van der Waals surface area contributed by atoms with Gasteiger partial charge in [-0.1, -0.05) is 12.1 Å². The first-order valence-corrected chi connectivity index (χ1v) is 12.7. The molecule has 10 nitrogen and oxygen atoms in total. The predicted octanol–water partition coefficient (Wildman–Crippen LogP) is 1.83. The van der Waals surface area contributed by atoms with Crippen LogP contribution in [0.3, 0.4) is 0 Å². The van der Waals surface area contributed by atoms with Crippen LogP contribution in [0.1, 0.15) is 10.4 Å². The zero-order valence-corrected chi connectivity index (χ0v) is 19.7. The molecule has 174 valence electrons. The molecule has 2 heterocycles. The summed E-state index contributed by atoms with van der Waals surface area (Å²) < 4.78 is 24.7. The third kappa shape index (κ3) is 5.02. The highest BCUT2D eigenvalue weighted by molar-refractivity contribution is 7.90. The number of nitrogens with one attached hydrogen (secondary N) is 2. The molecule has 0 fully saturated rings. The molecule has 0 radical (unpaired) electrons. The van der Waals surface area contributed by atoms with Crippen molar-refractivity contribution in [1.29, 1.82) is 0 Å². The summed E-state index contributed by atoms with van der Waals surface area (Å²) in [4.78, 5) is 45.5. The summed E-state index contributed by atoms with van der Waals surface area (Å²) in [5.74, 6) is -1.07. The Balaban J connectivity index is 1.41. The second-order valence-electron chi connectivity index (χ2n) is 7.46. The molecule has 0 unspecified atom stereocenters. The quantitative estimate of drug-likeness (QED) is 0.414. The molecule has 2 aromatic carbocycles. The van der Waals surface area contributed by atoms with Crippen LogP contribution in [0, 0.1) is 0 Å². The number of aromatic nitrogens is 3. The zero-order valence-electron chi connectivity index (χ0n) is 18.1. The lowest BCUT2D eigenvalue weighted by molar-refractivity contribution is -0.115. The molecule has 12 heteroatoms. The van der Waals surface area contributed by atoms with Gasteiger partial charge in [-0.15, -0.1) is 11.3 Å². The Hall–Kier alpha value is -3.90. The van der Waals surface area contributed by atoms with E-state index in [0.717, 1.165) is 6.26 Å². The topological polar surface area (TPSA) is 140 Å². The van der Waals surface area contributed by atoms with Crippen molar-refractivity contribution >= 4 is 49.0 Å². The molecule has 0 saturated heterocycles. The number of sulfone groups is 1. The molecule has 0 bridgehead atoms. The number of nitrogens with zero attached hydrogens (tertiary/aromatic N) is 3. The van der Waals surface area contributed by atoms with Gasteiger partial charge >= 0.3 is 0 Å². The van der Waals surface area contributed by atoms with Gasteiger partial charge in [0.15, 0.2) is 15.0 Å². The summed E-state index contributed by atoms with van der Waals surface area (Å²) in [6.45, 7) is -0.325. The Morgan fingerprint density at radius 1 is 1.15 bits per heavy atom. The number of carbonyl (C=O) groups is 2. The van der Waals surface area contributed by atoms with Gasteiger partial charge in [-0.2, -0.15) is 0 Å². The van der Waals surface area contributed by atoms with Gasteiger partial charge in [0, 0.05) is 29.8 Å². The standard InChI is InChI=1S/C22H19N5O5S2/c1-27-12-24-17-7-6-13(9-16(17)21(27)30)18-11-33-22(25-18)26-19(28)10-23-20(29)14-4-3-5-15(8-14)34(2,31)32/h3-9,11-12H,10H2,1-2H3,(H,23,29)(H,25,26,28). The lowest BCUT2D eigenvalue weighted by Crippen LogP contribution is -2.32. The monoisotopic (exact) mass is 497 g/mol. The van der Waals surface area contributed by atoms with Gasteiger partial charge in [0.1, 0.15) is 0 Å². The first kappa shape index (κ1) is 23.3. The molecule has 0 spiro atoms. The number of anilines is 1. The van der Waals surface area contributed by atoms with E-state index >= 15 is 0 Å². The number of thiazole rings is 1. The largest absolute Gasteiger partial charge is 0.343 e. The Morgan fingerprint density at radius 2 is 1.94 bits per heavy atom. The number of benzene rings is 2. The van der Waals surface area contributed by atoms with Gasteiger partial charge in [0.05, 0.1) is 34.4 Å². The van der Waals surface area contributed by atoms with E-state index in [9.17, 15) is 22.8 Å². The van der Waals surface area contributed by atoms with Gasteiger partial charge in [0.25, 0.3) is 11.5 Å². The maximum atomic E-state index is 12.3. The van der Waals surface area contributed by atoms with Crippen molar-refractivity contribution in [2.45, 2.75) is 4.90 Å². The van der Waals surface area contributed by atoms with Crippen LogP contribution in [-0.4, -0.2) is 47.6 Å². The molecule has 0 aliphatic rings. The van der Waals surface area contributed by atoms with E-state index in [4.69, 9.17) is 0 Å². The van der Waals surface area contributed by atoms with Crippen LogP contribution < -0.4 is 16.2 Å². The van der Waals surface area contributed by atoms with Crippen LogP contribution in [0.15, 0.2) is 63.9 Å². The maximum Gasteiger partial charge on any atom is 0.260 e. The number of aryl methyl sites for hydroxylation is 1. The molecule has 0 aliphatic heterocycles. The summed E-state index contributed by atoms with van der Waals surface area (Å²) >= 11 is 1.20. The van der Waals surface area contributed by atoms with Gasteiger partial charge < -0.3 is 15.2 Å². The van der Waals surface area contributed by atoms with Crippen LogP contribution in [0.2, 0.25) is 0 Å². The number of carbonyl (C=O) groups excluding carboxylic acids is 2. The number of rotatable bonds is 6. The Labute approximate surface area is 198 Å². The van der Waals surface area contributed by atoms with E-state index in [1.165, 1.54) is 46.5 Å². The number of fused-ring (bicyclic) bond motifs is 1. The zero-order chi connectivity index (χ0) is 24.5. The van der Waals surface area contributed by atoms with Crippen molar-refractivity contribution in [3.63, 3.8) is 0 Å². The van der Waals surface area contributed by atoms with Crippen LogP contribution in [-0.2, 0) is 21.7 Å². The summed E-state index contributed by atoms with van der Waals surface area (Å²) in [6.07, 6.45) is 2.51. The predicted molar refractivity (Wildman–Crippen MR) is 129 cm³/mol. The average molecular weight is 498 g/mol. The van der Waals surface area contributed by atoms with Crippen molar-refractivity contribution in [3.8, 4) is 11.3 Å². The van der Waals surface area contributed by atoms with Crippen LogP contribution in [0.5, 0.6) is 0 Å². The van der Waals surface area contributed by atoms with Gasteiger partial charge in [-0.25, -0.2) is 18.4 Å². The fraction of sp³-hybridized carbons (Fsp3) is 0.136. The van der Waals surface area contributed by atoms with E-state index in [-0.39, 0.29) is 22.6 Å². The van der Waals surface area contributed by atoms with Crippen molar-refractivity contribution in [1.82, 2.24) is 19.9 Å². The highest BCUT2D eigenvalue weighted by Gasteiger charge is 2.14. The fourth-order valence-corrected chi connectivity index (χ4v) is 4.53. The molecule has 0 atom stereocenters. The summed E-state index contributed by atoms with van der Waals surface area (Å²) in [5, 5.41) is 7.60. The second-order valence-corrected chi connectivity index (χ2v) is 10.3. The van der Waals surface area contributed by atoms with Gasteiger partial charge in [-0.05, 0) is 30.3 Å². The van der Waals surface area contributed by atoms with Crippen LogP contribution in [0.4, 0.5) is 5.13 Å². The Bertz CT molecular complexity index is 1590. The van der Waals surface area contributed by atoms with E-state index < -0.39 is 21.7 Å². The van der Waals surface area contributed by atoms with Crippen molar-refractivity contribution < 1.29 is 18.0 Å². The first-order valence-electron chi connectivity index (χ1n) is 9.91. The first-order chi connectivity index (χ1) is 16.1. The molecule has 2 aromatic heterocycles. The minimum absolute atomic E-state index is 0.0160. The van der Waals surface area contributed by atoms with Gasteiger partial charge in [-0.3, -0.25) is 14.4 Å². The van der Waals surface area contributed by atoms with E-state index in [2.05, 4.69) is 20.6 Å². The molecule has 2 amide bonds. The van der Waals surface area contributed by atoms with E-state index in [0.29, 0.717) is 27.3 Å². The van der Waals surface area contributed by atoms with Crippen molar-refractivity contribution in [2.24, 2.45) is 7.05 Å². The molecule has 4 rings (SSSR count). The minimum atomic E-state index is -3.46. The van der Waals surface area contributed by atoms with E-state index in [1.54, 1.807) is 30.6 Å². The van der Waals surface area contributed by atoms with Crippen LogP contribution in [0.25, 0.3) is 22.2 Å².